The molecule has 29 heavy (non-hydrogen) atoms. The number of nitrogens with zero attached hydrogens (tertiary/aromatic N) is 3. The number of nitrogens with one attached hydrogen (secondary N) is 1. The van der Waals surface area contributed by atoms with Crippen molar-refractivity contribution in [1.82, 2.24) is 9.88 Å². The minimum Gasteiger partial charge on any atom is -0.342 e. The molecule has 1 N–H and O–H groups in total. The van der Waals surface area contributed by atoms with Crippen LogP contribution in [0.1, 0.15) is 42.9 Å². The lowest BCUT2D eigenvalue weighted by Crippen LogP contribution is -2.41. The van der Waals surface area contributed by atoms with Gasteiger partial charge in [0.25, 0.3) is 11.8 Å². The van der Waals surface area contributed by atoms with Crippen LogP contribution in [0.15, 0.2) is 6.07 Å². The number of pyridine rings is 1. The van der Waals surface area contributed by atoms with Crippen molar-refractivity contribution in [3.63, 3.8) is 0 Å². The Kier molecular flexibility index (Phi) is 4.25. The number of rotatable bonds is 4. The number of anilines is 2. The van der Waals surface area contributed by atoms with Gasteiger partial charge in [-0.25, -0.2) is 22.5 Å². The highest BCUT2D eigenvalue weighted by atomic mass is 32.2. The zero-order chi connectivity index (χ0) is 20.6. The molecule has 2 saturated carbocycles. The quantitative estimate of drug-likeness (QED) is 0.577. The Morgan fingerprint density at radius 1 is 1.31 bits per heavy atom. The third kappa shape index (κ3) is 3.43. The van der Waals surface area contributed by atoms with Crippen LogP contribution in [0.5, 0.6) is 0 Å². The maximum atomic E-state index is 13.5. The monoisotopic (exact) mass is 430 g/mol. The first-order chi connectivity index (χ1) is 13.7. The van der Waals surface area contributed by atoms with E-state index in [1.807, 2.05) is 17.4 Å². The van der Waals surface area contributed by atoms with Gasteiger partial charge in [-0.2, -0.15) is 0 Å². The van der Waals surface area contributed by atoms with Gasteiger partial charge in [0.2, 0.25) is 5.91 Å². The number of aromatic nitrogens is 1. The van der Waals surface area contributed by atoms with Gasteiger partial charge in [0.1, 0.15) is 5.92 Å². The van der Waals surface area contributed by atoms with Gasteiger partial charge in [-0.15, -0.1) is 0 Å². The summed E-state index contributed by atoms with van der Waals surface area (Å²) in [6, 6.07) is 1.87. The zero-order valence-corrected chi connectivity index (χ0v) is 16.7. The van der Waals surface area contributed by atoms with Crippen molar-refractivity contribution < 1.29 is 22.4 Å². The lowest BCUT2D eigenvalue weighted by atomic mass is 9.92. The molecule has 5 rings (SSSR count). The molecule has 5 nitrogen and oxygen atoms in total. The summed E-state index contributed by atoms with van der Waals surface area (Å²) in [7, 11) is 1.85. The van der Waals surface area contributed by atoms with Gasteiger partial charge in [-0.3, -0.25) is 9.10 Å². The van der Waals surface area contributed by atoms with Gasteiger partial charge in [-0.05, 0) is 30.9 Å². The third-order valence-electron chi connectivity index (χ3n) is 6.38. The molecule has 1 amide bonds. The topological polar surface area (TPSA) is 48.5 Å². The van der Waals surface area contributed by atoms with Crippen LogP contribution >= 0.6 is 12.1 Å². The van der Waals surface area contributed by atoms with Crippen molar-refractivity contribution in [3.05, 3.63) is 17.3 Å². The molecule has 3 atom stereocenters. The molecule has 158 valence electrons. The highest BCUT2D eigenvalue weighted by Gasteiger charge is 2.62. The van der Waals surface area contributed by atoms with E-state index in [-0.39, 0.29) is 25.2 Å². The number of alkyl halides is 4. The lowest BCUT2D eigenvalue weighted by Gasteiger charge is -2.33. The Balaban J connectivity index is 1.39. The molecule has 10 heteroatoms. The summed E-state index contributed by atoms with van der Waals surface area (Å²) in [5, 5.41) is 0. The van der Waals surface area contributed by atoms with E-state index in [1.165, 1.54) is 17.0 Å². The van der Waals surface area contributed by atoms with Gasteiger partial charge in [0.15, 0.2) is 5.82 Å². The first kappa shape index (κ1) is 19.3. The average molecular weight is 430 g/mol. The molecule has 0 aromatic carbocycles. The number of likely N-dealkylation sites (tertiary alicyclic amines) is 1. The summed E-state index contributed by atoms with van der Waals surface area (Å²) in [4.78, 5) is 18.7. The molecule has 0 spiro atoms. The van der Waals surface area contributed by atoms with Crippen LogP contribution < -0.4 is 9.03 Å². The number of hydrogen-bond donors (Lipinski definition) is 1. The largest absolute Gasteiger partial charge is 0.342 e. The Morgan fingerprint density at radius 3 is 2.69 bits per heavy atom. The number of fused-ring (bicyclic) bond motifs is 1. The van der Waals surface area contributed by atoms with E-state index in [4.69, 9.17) is 4.98 Å². The molecule has 0 bridgehead atoms. The summed E-state index contributed by atoms with van der Waals surface area (Å²) in [5.74, 6) is -7.17. The maximum Gasteiger partial charge on any atom is 0.260 e. The van der Waals surface area contributed by atoms with Crippen LogP contribution in [0.25, 0.3) is 0 Å². The van der Waals surface area contributed by atoms with E-state index < -0.39 is 29.6 Å². The Hall–Kier alpha value is -1.71. The second kappa shape index (κ2) is 6.39. The van der Waals surface area contributed by atoms with Crippen molar-refractivity contribution in [2.75, 3.05) is 29.2 Å². The van der Waals surface area contributed by atoms with E-state index in [0.29, 0.717) is 25.3 Å². The van der Waals surface area contributed by atoms with E-state index >= 15 is 0 Å². The summed E-state index contributed by atoms with van der Waals surface area (Å²) in [6.07, 6.45) is 1.32. The van der Waals surface area contributed by atoms with Gasteiger partial charge >= 0.3 is 0 Å². The summed E-state index contributed by atoms with van der Waals surface area (Å²) in [6.45, 7) is 0.825. The SMILES string of the molecule is CN1SNc2c(CC3CC3(F)F)cc(C3CCCN(C(=O)C4CC4(F)F)C3)nc21. The lowest BCUT2D eigenvalue weighted by molar-refractivity contribution is -0.136. The number of amides is 1. The number of halogens is 4. The molecule has 4 aliphatic rings. The zero-order valence-electron chi connectivity index (χ0n) is 15.9. The van der Waals surface area contributed by atoms with Crippen LogP contribution in [0.4, 0.5) is 29.1 Å². The highest BCUT2D eigenvalue weighted by Crippen LogP contribution is 2.53. The number of carbonyl (C=O) groups is 1. The molecule has 3 heterocycles. The smallest absolute Gasteiger partial charge is 0.260 e. The van der Waals surface area contributed by atoms with Crippen LogP contribution in [-0.2, 0) is 11.2 Å². The Bertz CT molecular complexity index is 867. The second-order valence-corrected chi connectivity index (χ2v) is 9.54. The first-order valence-corrected chi connectivity index (χ1v) is 10.7. The van der Waals surface area contributed by atoms with Crippen molar-refractivity contribution in [1.29, 1.82) is 0 Å². The third-order valence-corrected chi connectivity index (χ3v) is 7.12. The molecule has 2 aliphatic carbocycles. The van der Waals surface area contributed by atoms with E-state index in [9.17, 15) is 22.4 Å². The normalized spacial score (nSPS) is 31.3. The standard InChI is InChI=1S/C19H22F4N4OS/c1-26-16-15(25-29-26)11(5-12-7-18(12,20)21)6-14(24-16)10-3-2-4-27(9-10)17(28)13-8-19(13,22)23/h6,10,12-13,25H,2-5,7-9H2,1H3. The fourth-order valence-corrected chi connectivity index (χ4v) is 5.02. The van der Waals surface area contributed by atoms with Crippen LogP contribution in [0, 0.1) is 11.8 Å². The second-order valence-electron chi connectivity index (χ2n) is 8.60. The predicted molar refractivity (Wildman–Crippen MR) is 102 cm³/mol. The fourth-order valence-electron chi connectivity index (χ4n) is 4.35. The van der Waals surface area contributed by atoms with E-state index in [2.05, 4.69) is 4.72 Å². The van der Waals surface area contributed by atoms with Gasteiger partial charge in [-0.1, -0.05) is 0 Å². The molecular formula is C19H22F4N4OS. The molecule has 3 fully saturated rings. The molecular weight excluding hydrogens is 408 g/mol. The molecule has 2 aliphatic heterocycles. The van der Waals surface area contributed by atoms with Gasteiger partial charge < -0.3 is 9.62 Å². The Morgan fingerprint density at radius 2 is 2.03 bits per heavy atom. The van der Waals surface area contributed by atoms with E-state index in [1.54, 1.807) is 0 Å². The average Bonchev–Trinajstić information content (AvgIpc) is 3.44. The van der Waals surface area contributed by atoms with Crippen molar-refractivity contribution in [2.24, 2.45) is 11.8 Å². The van der Waals surface area contributed by atoms with Crippen molar-refractivity contribution >= 4 is 29.5 Å². The minimum absolute atomic E-state index is 0.0807. The maximum absolute atomic E-state index is 13.5. The van der Waals surface area contributed by atoms with Gasteiger partial charge in [0, 0.05) is 50.5 Å². The highest BCUT2D eigenvalue weighted by molar-refractivity contribution is 8.02. The number of carbonyl (C=O) groups excluding carboxylic acids is 1. The molecule has 3 unspecified atom stereocenters. The minimum atomic E-state index is -2.87. The molecule has 1 saturated heterocycles. The first-order valence-electron chi connectivity index (χ1n) is 9.90. The number of piperidine rings is 1. The molecule has 1 aromatic rings. The van der Waals surface area contributed by atoms with Crippen molar-refractivity contribution in [3.8, 4) is 0 Å². The Labute approximate surface area is 170 Å². The molecule has 1 aromatic heterocycles. The predicted octanol–water partition coefficient (Wildman–Crippen LogP) is 4.07. The summed E-state index contributed by atoms with van der Waals surface area (Å²) in [5.41, 5.74) is 2.32. The van der Waals surface area contributed by atoms with Crippen LogP contribution in [0.3, 0.4) is 0 Å². The summed E-state index contributed by atoms with van der Waals surface area (Å²) < 4.78 is 58.6. The van der Waals surface area contributed by atoms with Crippen LogP contribution in [-0.4, -0.2) is 47.8 Å². The van der Waals surface area contributed by atoms with Gasteiger partial charge in [0.05, 0.1) is 17.8 Å². The van der Waals surface area contributed by atoms with Crippen LogP contribution in [0.2, 0.25) is 0 Å². The van der Waals surface area contributed by atoms with Crippen molar-refractivity contribution in [2.45, 2.75) is 49.9 Å². The summed E-state index contributed by atoms with van der Waals surface area (Å²) >= 11 is 1.35. The number of hydrogen-bond acceptors (Lipinski definition) is 5. The molecule has 0 radical (unpaired) electrons. The van der Waals surface area contributed by atoms with E-state index in [0.717, 1.165) is 23.4 Å². The fraction of sp³-hybridized carbons (Fsp3) is 0.684.